The van der Waals surface area contributed by atoms with Crippen molar-refractivity contribution in [3.8, 4) is 0 Å². The molecule has 0 unspecified atom stereocenters. The normalized spacial score (nSPS) is 11.3. The summed E-state index contributed by atoms with van der Waals surface area (Å²) in [6.45, 7) is 4.14. The van der Waals surface area contributed by atoms with E-state index in [-0.39, 0.29) is 4.90 Å². The number of anilines is 1. The minimum absolute atomic E-state index is 0.123. The van der Waals surface area contributed by atoms with Gasteiger partial charge in [0.05, 0.1) is 4.90 Å². The van der Waals surface area contributed by atoms with Gasteiger partial charge in [-0.15, -0.1) is 0 Å². The number of nitrogens with two attached hydrogens (primary N) is 1. The van der Waals surface area contributed by atoms with Gasteiger partial charge in [-0.3, -0.25) is 4.79 Å². The van der Waals surface area contributed by atoms with Crippen molar-refractivity contribution < 1.29 is 13.2 Å². The van der Waals surface area contributed by atoms with Crippen molar-refractivity contribution in [3.63, 3.8) is 0 Å². The molecule has 1 aromatic rings. The Kier molecular flexibility index (Phi) is 5.35. The topological polar surface area (TPSA) is 89.3 Å². The highest BCUT2D eigenvalue weighted by molar-refractivity contribution is 7.92. The van der Waals surface area contributed by atoms with Crippen LogP contribution in [0.15, 0.2) is 23.1 Å². The van der Waals surface area contributed by atoms with Gasteiger partial charge in [0.2, 0.25) is 5.91 Å². The van der Waals surface area contributed by atoms with Crippen molar-refractivity contribution in [1.29, 1.82) is 0 Å². The molecule has 0 aliphatic carbocycles. The molecule has 0 aromatic heterocycles. The predicted molar refractivity (Wildman–Crippen MR) is 75.6 cm³/mol. The highest BCUT2D eigenvalue weighted by Gasteiger charge is 2.21. The van der Waals surface area contributed by atoms with Gasteiger partial charge in [-0.25, -0.2) is 8.42 Å². The molecule has 0 bridgehead atoms. The number of rotatable bonds is 6. The summed E-state index contributed by atoms with van der Waals surface area (Å²) in [6.07, 6.45) is 1.78. The fourth-order valence-corrected chi connectivity index (χ4v) is 3.15. The van der Waals surface area contributed by atoms with E-state index in [4.69, 9.17) is 5.73 Å². The molecule has 1 aromatic carbocycles. The van der Waals surface area contributed by atoms with E-state index in [1.807, 2.05) is 6.92 Å². The second-order valence-corrected chi connectivity index (χ2v) is 6.39. The van der Waals surface area contributed by atoms with Gasteiger partial charge < -0.3 is 11.1 Å². The molecule has 3 N–H and O–H groups in total. The fourth-order valence-electron chi connectivity index (χ4n) is 1.67. The lowest BCUT2D eigenvalue weighted by Gasteiger charge is -2.09. The minimum atomic E-state index is -3.64. The third-order valence-corrected chi connectivity index (χ3v) is 4.59. The third kappa shape index (κ3) is 4.24. The Balaban J connectivity index is 2.81. The van der Waals surface area contributed by atoms with Gasteiger partial charge in [0.1, 0.15) is 5.75 Å². The van der Waals surface area contributed by atoms with Crippen LogP contribution in [0.2, 0.25) is 0 Å². The number of unbranched alkanes of at least 4 members (excludes halogenated alkanes) is 1. The van der Waals surface area contributed by atoms with E-state index in [2.05, 4.69) is 5.32 Å². The SMILES string of the molecule is CCCCNC(=O)CS(=O)(=O)c1cccc(N)c1C. The maximum absolute atomic E-state index is 12.1. The number of hydrogen-bond donors (Lipinski definition) is 2. The Hall–Kier alpha value is -1.56. The summed E-state index contributed by atoms with van der Waals surface area (Å²) in [5.41, 5.74) is 6.58. The summed E-state index contributed by atoms with van der Waals surface area (Å²) in [4.78, 5) is 11.7. The number of sulfone groups is 1. The zero-order valence-electron chi connectivity index (χ0n) is 11.3. The molecule has 0 fully saturated rings. The first-order chi connectivity index (χ1) is 8.88. The summed E-state index contributed by atoms with van der Waals surface area (Å²) >= 11 is 0. The number of hydrogen-bond acceptors (Lipinski definition) is 4. The molecule has 0 aliphatic heterocycles. The number of nitrogen functional groups attached to an aromatic ring is 1. The summed E-state index contributed by atoms with van der Waals surface area (Å²) in [7, 11) is -3.64. The molecule has 0 saturated heterocycles. The summed E-state index contributed by atoms with van der Waals surface area (Å²) in [5.74, 6) is -1.02. The van der Waals surface area contributed by atoms with E-state index in [0.29, 0.717) is 17.8 Å². The van der Waals surface area contributed by atoms with Crippen LogP contribution < -0.4 is 11.1 Å². The Morgan fingerprint density at radius 1 is 1.37 bits per heavy atom. The zero-order chi connectivity index (χ0) is 14.5. The molecule has 0 radical (unpaired) electrons. The van der Waals surface area contributed by atoms with Crippen LogP contribution in [0, 0.1) is 6.92 Å². The molecule has 0 atom stereocenters. The van der Waals surface area contributed by atoms with E-state index in [9.17, 15) is 13.2 Å². The number of nitrogens with one attached hydrogen (secondary N) is 1. The largest absolute Gasteiger partial charge is 0.398 e. The minimum Gasteiger partial charge on any atom is -0.398 e. The maximum Gasteiger partial charge on any atom is 0.235 e. The lowest BCUT2D eigenvalue weighted by Crippen LogP contribution is -2.31. The number of carbonyl (C=O) groups is 1. The third-order valence-electron chi connectivity index (χ3n) is 2.83. The van der Waals surface area contributed by atoms with Gasteiger partial charge in [0, 0.05) is 12.2 Å². The Morgan fingerprint density at radius 2 is 2.05 bits per heavy atom. The molecular formula is C13H20N2O3S. The summed E-state index contributed by atoms with van der Waals surface area (Å²) in [5, 5.41) is 2.59. The van der Waals surface area contributed by atoms with Crippen molar-refractivity contribution in [2.45, 2.75) is 31.6 Å². The number of carbonyl (C=O) groups excluding carboxylic acids is 1. The first kappa shape index (κ1) is 15.5. The molecule has 0 saturated carbocycles. The average Bonchev–Trinajstić information content (AvgIpc) is 2.32. The Morgan fingerprint density at radius 3 is 2.68 bits per heavy atom. The van der Waals surface area contributed by atoms with Crippen LogP contribution in [-0.4, -0.2) is 26.6 Å². The monoisotopic (exact) mass is 284 g/mol. The van der Waals surface area contributed by atoms with Crippen LogP contribution in [0.5, 0.6) is 0 Å². The average molecular weight is 284 g/mol. The molecule has 6 heteroatoms. The molecule has 1 rings (SSSR count). The van der Waals surface area contributed by atoms with Crippen molar-refractivity contribution in [2.75, 3.05) is 18.0 Å². The molecule has 19 heavy (non-hydrogen) atoms. The second-order valence-electron chi connectivity index (χ2n) is 4.43. The first-order valence-corrected chi connectivity index (χ1v) is 7.88. The fraction of sp³-hybridized carbons (Fsp3) is 0.462. The van der Waals surface area contributed by atoms with Crippen LogP contribution >= 0.6 is 0 Å². The van der Waals surface area contributed by atoms with Crippen LogP contribution in [0.3, 0.4) is 0 Å². The van der Waals surface area contributed by atoms with E-state index in [1.165, 1.54) is 6.07 Å². The standard InChI is InChI=1S/C13H20N2O3S/c1-3-4-8-15-13(16)9-19(17,18)12-7-5-6-11(14)10(12)2/h5-7H,3-4,8-9,14H2,1-2H3,(H,15,16). The smallest absolute Gasteiger partial charge is 0.235 e. The highest BCUT2D eigenvalue weighted by Crippen LogP contribution is 2.21. The van der Waals surface area contributed by atoms with Crippen LogP contribution in [0.1, 0.15) is 25.3 Å². The zero-order valence-corrected chi connectivity index (χ0v) is 12.1. The number of benzene rings is 1. The van der Waals surface area contributed by atoms with Crippen LogP contribution in [-0.2, 0) is 14.6 Å². The van der Waals surface area contributed by atoms with E-state index in [1.54, 1.807) is 19.1 Å². The van der Waals surface area contributed by atoms with E-state index in [0.717, 1.165) is 12.8 Å². The molecule has 106 valence electrons. The maximum atomic E-state index is 12.1. The molecule has 5 nitrogen and oxygen atoms in total. The van der Waals surface area contributed by atoms with Crippen molar-refractivity contribution in [1.82, 2.24) is 5.32 Å². The lowest BCUT2D eigenvalue weighted by molar-refractivity contribution is -0.118. The first-order valence-electron chi connectivity index (χ1n) is 6.23. The van der Waals surface area contributed by atoms with Crippen LogP contribution in [0.25, 0.3) is 0 Å². The van der Waals surface area contributed by atoms with Crippen LogP contribution in [0.4, 0.5) is 5.69 Å². The highest BCUT2D eigenvalue weighted by atomic mass is 32.2. The molecule has 0 aliphatic rings. The summed E-state index contributed by atoms with van der Waals surface area (Å²) < 4.78 is 24.3. The Bertz CT molecular complexity index is 553. The van der Waals surface area contributed by atoms with Gasteiger partial charge in [0.15, 0.2) is 9.84 Å². The second kappa shape index (κ2) is 6.56. The van der Waals surface area contributed by atoms with Crippen molar-refractivity contribution >= 4 is 21.4 Å². The van der Waals surface area contributed by atoms with Gasteiger partial charge in [-0.2, -0.15) is 0 Å². The predicted octanol–water partition coefficient (Wildman–Crippen LogP) is 1.27. The quantitative estimate of drug-likeness (QED) is 0.608. The molecule has 1 amide bonds. The molecule has 0 spiro atoms. The molecular weight excluding hydrogens is 264 g/mol. The van der Waals surface area contributed by atoms with Crippen molar-refractivity contribution in [2.24, 2.45) is 0 Å². The van der Waals surface area contributed by atoms with E-state index >= 15 is 0 Å². The van der Waals surface area contributed by atoms with Gasteiger partial charge >= 0.3 is 0 Å². The summed E-state index contributed by atoms with van der Waals surface area (Å²) in [6, 6.07) is 4.68. The Labute approximate surface area is 114 Å². The lowest BCUT2D eigenvalue weighted by atomic mass is 10.2. The van der Waals surface area contributed by atoms with Crippen molar-refractivity contribution in [3.05, 3.63) is 23.8 Å². The van der Waals surface area contributed by atoms with E-state index < -0.39 is 21.5 Å². The van der Waals surface area contributed by atoms with Gasteiger partial charge in [-0.05, 0) is 31.0 Å². The number of amides is 1. The molecule has 0 heterocycles. The van der Waals surface area contributed by atoms with Gasteiger partial charge in [-0.1, -0.05) is 19.4 Å². The van der Waals surface area contributed by atoms with Gasteiger partial charge in [0.25, 0.3) is 0 Å².